The van der Waals surface area contributed by atoms with E-state index in [0.717, 1.165) is 5.16 Å². The predicted octanol–water partition coefficient (Wildman–Crippen LogP) is 2.61. The third-order valence-electron chi connectivity index (χ3n) is 3.10. The predicted molar refractivity (Wildman–Crippen MR) is 89.3 cm³/mol. The van der Waals surface area contributed by atoms with Crippen LogP contribution < -0.4 is 14.8 Å². The van der Waals surface area contributed by atoms with E-state index in [9.17, 15) is 4.79 Å². The number of aromatic nitrogens is 3. The van der Waals surface area contributed by atoms with Crippen LogP contribution in [0.5, 0.6) is 11.5 Å². The second kappa shape index (κ2) is 7.87. The minimum atomic E-state index is -0.125. The minimum Gasteiger partial charge on any atom is -0.493 e. The molecule has 7 nitrogen and oxygen atoms in total. The van der Waals surface area contributed by atoms with Crippen LogP contribution >= 0.6 is 11.8 Å². The van der Waals surface area contributed by atoms with E-state index in [1.165, 1.54) is 11.8 Å². The first-order valence-electron chi connectivity index (χ1n) is 7.09. The maximum atomic E-state index is 12.1. The summed E-state index contributed by atoms with van der Waals surface area (Å²) in [5, 5.41) is 11.5. The van der Waals surface area contributed by atoms with E-state index < -0.39 is 0 Å². The number of rotatable bonds is 7. The van der Waals surface area contributed by atoms with Crippen molar-refractivity contribution < 1.29 is 14.3 Å². The van der Waals surface area contributed by atoms with Gasteiger partial charge in [-0.25, -0.2) is 0 Å². The summed E-state index contributed by atoms with van der Waals surface area (Å²) < 4.78 is 12.3. The van der Waals surface area contributed by atoms with Gasteiger partial charge in [0.1, 0.15) is 6.33 Å². The molecule has 0 fully saturated rings. The number of ether oxygens (including phenoxy) is 2. The lowest BCUT2D eigenvalue weighted by atomic mass is 10.2. The highest BCUT2D eigenvalue weighted by Crippen LogP contribution is 2.29. The molecule has 0 spiro atoms. The van der Waals surface area contributed by atoms with Crippen molar-refractivity contribution in [2.45, 2.75) is 25.0 Å². The SMILES string of the molecule is COc1ccc(NC(=O)CSc2nncn2C(C)C)cc1OC. The Labute approximate surface area is 139 Å². The van der Waals surface area contributed by atoms with E-state index in [2.05, 4.69) is 15.5 Å². The van der Waals surface area contributed by atoms with Gasteiger partial charge in [-0.15, -0.1) is 10.2 Å². The number of nitrogens with zero attached hydrogens (tertiary/aromatic N) is 3. The number of hydrogen-bond donors (Lipinski definition) is 1. The molecule has 2 aromatic rings. The maximum absolute atomic E-state index is 12.1. The average molecular weight is 336 g/mol. The van der Waals surface area contributed by atoms with Gasteiger partial charge < -0.3 is 19.4 Å². The summed E-state index contributed by atoms with van der Waals surface area (Å²) in [4.78, 5) is 12.1. The molecule has 0 bridgehead atoms. The second-order valence-electron chi connectivity index (χ2n) is 5.02. The molecule has 23 heavy (non-hydrogen) atoms. The number of anilines is 1. The number of methoxy groups -OCH3 is 2. The highest BCUT2D eigenvalue weighted by Gasteiger charge is 2.12. The molecule has 0 aliphatic heterocycles. The Morgan fingerprint density at radius 1 is 1.30 bits per heavy atom. The third kappa shape index (κ3) is 4.38. The highest BCUT2D eigenvalue weighted by atomic mass is 32.2. The first-order valence-corrected chi connectivity index (χ1v) is 8.08. The molecular weight excluding hydrogens is 316 g/mol. The molecule has 124 valence electrons. The quantitative estimate of drug-likeness (QED) is 0.783. The number of amides is 1. The molecule has 8 heteroatoms. The van der Waals surface area contributed by atoms with Gasteiger partial charge in [-0.3, -0.25) is 4.79 Å². The van der Waals surface area contributed by atoms with Crippen LogP contribution in [0.1, 0.15) is 19.9 Å². The molecule has 0 aliphatic carbocycles. The summed E-state index contributed by atoms with van der Waals surface area (Å²) in [5.74, 6) is 1.31. The molecular formula is C15H20N4O3S. The third-order valence-corrected chi connectivity index (χ3v) is 4.05. The van der Waals surface area contributed by atoms with Crippen molar-refractivity contribution in [3.8, 4) is 11.5 Å². The second-order valence-corrected chi connectivity index (χ2v) is 5.96. The molecule has 1 heterocycles. The van der Waals surface area contributed by atoms with Crippen molar-refractivity contribution in [2.75, 3.05) is 25.3 Å². The molecule has 1 N–H and O–H groups in total. The molecule has 0 saturated heterocycles. The van der Waals surface area contributed by atoms with Gasteiger partial charge in [0.2, 0.25) is 5.91 Å². The first kappa shape index (κ1) is 17.1. The zero-order valence-electron chi connectivity index (χ0n) is 13.6. The fraction of sp³-hybridized carbons (Fsp3) is 0.400. The lowest BCUT2D eigenvalue weighted by Gasteiger charge is -2.11. The summed E-state index contributed by atoms with van der Waals surface area (Å²) >= 11 is 1.35. The molecule has 0 unspecified atom stereocenters. The average Bonchev–Trinajstić information content (AvgIpc) is 3.01. The summed E-state index contributed by atoms with van der Waals surface area (Å²) in [5.41, 5.74) is 0.651. The van der Waals surface area contributed by atoms with E-state index >= 15 is 0 Å². The molecule has 0 atom stereocenters. The van der Waals surface area contributed by atoms with Gasteiger partial charge in [0.25, 0.3) is 0 Å². The first-order chi connectivity index (χ1) is 11.0. The zero-order chi connectivity index (χ0) is 16.8. The normalized spacial score (nSPS) is 10.7. The number of carbonyl (C=O) groups is 1. The van der Waals surface area contributed by atoms with Gasteiger partial charge in [0.05, 0.1) is 20.0 Å². The van der Waals surface area contributed by atoms with Crippen molar-refractivity contribution >= 4 is 23.4 Å². The van der Waals surface area contributed by atoms with Gasteiger partial charge in [-0.2, -0.15) is 0 Å². The number of carbonyl (C=O) groups excluding carboxylic acids is 1. The van der Waals surface area contributed by atoms with Crippen LogP contribution in [0.3, 0.4) is 0 Å². The van der Waals surface area contributed by atoms with Gasteiger partial charge >= 0.3 is 0 Å². The summed E-state index contributed by atoms with van der Waals surface area (Å²) in [7, 11) is 3.12. The van der Waals surface area contributed by atoms with Crippen molar-refractivity contribution in [1.29, 1.82) is 0 Å². The van der Waals surface area contributed by atoms with Crippen molar-refractivity contribution in [2.24, 2.45) is 0 Å². The van der Waals surface area contributed by atoms with Crippen LogP contribution in [-0.4, -0.2) is 40.6 Å². The monoisotopic (exact) mass is 336 g/mol. The Balaban J connectivity index is 1.96. The van der Waals surface area contributed by atoms with Gasteiger partial charge in [-0.05, 0) is 26.0 Å². The van der Waals surface area contributed by atoms with Crippen LogP contribution in [-0.2, 0) is 4.79 Å². The molecule has 0 aliphatic rings. The van der Waals surface area contributed by atoms with Gasteiger partial charge in [0, 0.05) is 17.8 Å². The Morgan fingerprint density at radius 3 is 2.70 bits per heavy atom. The van der Waals surface area contributed by atoms with Crippen molar-refractivity contribution in [3.63, 3.8) is 0 Å². The molecule has 2 rings (SSSR count). The van der Waals surface area contributed by atoms with Crippen molar-refractivity contribution in [1.82, 2.24) is 14.8 Å². The van der Waals surface area contributed by atoms with Crippen molar-refractivity contribution in [3.05, 3.63) is 24.5 Å². The van der Waals surface area contributed by atoms with Crippen LogP contribution in [0.4, 0.5) is 5.69 Å². The fourth-order valence-corrected chi connectivity index (χ4v) is 2.77. The number of benzene rings is 1. The lowest BCUT2D eigenvalue weighted by Crippen LogP contribution is -2.15. The molecule has 1 aromatic heterocycles. The summed E-state index contributed by atoms with van der Waals surface area (Å²) in [6.07, 6.45) is 1.67. The van der Waals surface area contributed by atoms with Crippen LogP contribution in [0.15, 0.2) is 29.7 Å². The molecule has 1 amide bonds. The summed E-state index contributed by atoms with van der Waals surface area (Å²) in [6.45, 7) is 4.08. The van der Waals surface area contributed by atoms with Gasteiger partial charge in [-0.1, -0.05) is 11.8 Å². The van der Waals surface area contributed by atoms with E-state index in [1.54, 1.807) is 38.7 Å². The molecule has 0 radical (unpaired) electrons. The van der Waals surface area contributed by atoms with E-state index in [1.807, 2.05) is 18.4 Å². The topological polar surface area (TPSA) is 78.3 Å². The van der Waals surface area contributed by atoms with E-state index in [0.29, 0.717) is 17.2 Å². The maximum Gasteiger partial charge on any atom is 0.234 e. The van der Waals surface area contributed by atoms with E-state index in [4.69, 9.17) is 9.47 Å². The van der Waals surface area contributed by atoms with Crippen LogP contribution in [0.25, 0.3) is 0 Å². The Hall–Kier alpha value is -2.22. The largest absolute Gasteiger partial charge is 0.493 e. The summed E-state index contributed by atoms with van der Waals surface area (Å²) in [6, 6.07) is 5.48. The lowest BCUT2D eigenvalue weighted by molar-refractivity contribution is -0.113. The van der Waals surface area contributed by atoms with Crippen LogP contribution in [0, 0.1) is 0 Å². The standard InChI is InChI=1S/C15H20N4O3S/c1-10(2)19-9-16-18-15(19)23-8-14(20)17-11-5-6-12(21-3)13(7-11)22-4/h5-7,9-10H,8H2,1-4H3,(H,17,20). The minimum absolute atomic E-state index is 0.125. The smallest absolute Gasteiger partial charge is 0.234 e. The van der Waals surface area contributed by atoms with Crippen LogP contribution in [0.2, 0.25) is 0 Å². The molecule has 1 aromatic carbocycles. The number of nitrogens with one attached hydrogen (secondary N) is 1. The Morgan fingerprint density at radius 2 is 2.04 bits per heavy atom. The number of thioether (sulfide) groups is 1. The molecule has 0 saturated carbocycles. The fourth-order valence-electron chi connectivity index (χ4n) is 1.93. The van der Waals surface area contributed by atoms with Gasteiger partial charge in [0.15, 0.2) is 16.7 Å². The van der Waals surface area contributed by atoms with E-state index in [-0.39, 0.29) is 17.7 Å². The highest BCUT2D eigenvalue weighted by molar-refractivity contribution is 7.99. The zero-order valence-corrected chi connectivity index (χ0v) is 14.4. The Kier molecular flexibility index (Phi) is 5.86. The number of hydrogen-bond acceptors (Lipinski definition) is 6. The Bertz CT molecular complexity index is 672.